The fourth-order valence-corrected chi connectivity index (χ4v) is 6.54. The Balaban J connectivity index is 1.96. The van der Waals surface area contributed by atoms with Gasteiger partial charge in [-0.15, -0.1) is 0 Å². The zero-order valence-corrected chi connectivity index (χ0v) is 22.4. The van der Waals surface area contributed by atoms with Crippen LogP contribution in [0.5, 0.6) is 0 Å². The first-order valence-electron chi connectivity index (χ1n) is 11.8. The molecule has 4 rings (SSSR count). The summed E-state index contributed by atoms with van der Waals surface area (Å²) in [6.45, 7) is 4.36. The molecule has 3 aromatic carbocycles. The Morgan fingerprint density at radius 3 is 2.34 bits per heavy atom. The number of likely N-dealkylation sites (N-methyl/N-ethyl adjacent to an activating group) is 1. The summed E-state index contributed by atoms with van der Waals surface area (Å²) in [5, 5.41) is 9.51. The van der Waals surface area contributed by atoms with E-state index in [1.807, 2.05) is 49.1 Å². The molecule has 0 aromatic heterocycles. The summed E-state index contributed by atoms with van der Waals surface area (Å²) in [4.78, 5) is 13.4. The maximum Gasteiger partial charge on any atom is 0.417 e. The maximum atomic E-state index is 13.9. The minimum atomic E-state index is -4.88. The Labute approximate surface area is 224 Å². The van der Waals surface area contributed by atoms with Gasteiger partial charge < -0.3 is 10.0 Å². The molecule has 11 heteroatoms. The van der Waals surface area contributed by atoms with E-state index >= 15 is 0 Å². The number of sulfonamides is 1. The normalized spacial score (nSPS) is 17.8. The molecule has 38 heavy (non-hydrogen) atoms. The average Bonchev–Trinajstić information content (AvgIpc) is 2.91. The van der Waals surface area contributed by atoms with E-state index in [2.05, 4.69) is 0 Å². The lowest BCUT2D eigenvalue weighted by Crippen LogP contribution is -2.41. The number of rotatable bonds is 5. The molecule has 1 heterocycles. The molecule has 0 unspecified atom stereocenters. The molecule has 0 radical (unpaired) electrons. The van der Waals surface area contributed by atoms with Crippen LogP contribution in [0.4, 0.5) is 24.5 Å². The van der Waals surface area contributed by atoms with E-state index in [1.54, 1.807) is 0 Å². The van der Waals surface area contributed by atoms with Crippen LogP contribution in [0.15, 0.2) is 65.6 Å². The van der Waals surface area contributed by atoms with Crippen molar-refractivity contribution < 1.29 is 31.5 Å². The number of benzene rings is 3. The summed E-state index contributed by atoms with van der Waals surface area (Å²) in [5.41, 5.74) is -1.03. The molecule has 0 bridgehead atoms. The van der Waals surface area contributed by atoms with Crippen molar-refractivity contribution >= 4 is 39.0 Å². The Bertz CT molecular complexity index is 1480. The predicted octanol–water partition coefficient (Wildman–Crippen LogP) is 6.91. The number of hydrogen-bond acceptors (Lipinski definition) is 4. The second kappa shape index (κ2) is 10.2. The van der Waals surface area contributed by atoms with Crippen molar-refractivity contribution in [3.8, 4) is 11.1 Å². The van der Waals surface area contributed by atoms with E-state index in [-0.39, 0.29) is 33.0 Å². The number of fused-ring (bicyclic) bond motifs is 1. The lowest BCUT2D eigenvalue weighted by Gasteiger charge is -2.30. The van der Waals surface area contributed by atoms with Gasteiger partial charge in [0.1, 0.15) is 4.90 Å². The van der Waals surface area contributed by atoms with Gasteiger partial charge in [0, 0.05) is 30.9 Å². The number of carbonyl (C=O) groups is 1. The van der Waals surface area contributed by atoms with E-state index in [9.17, 15) is 31.5 Å². The van der Waals surface area contributed by atoms with E-state index in [0.29, 0.717) is 24.7 Å². The first kappa shape index (κ1) is 27.9. The Kier molecular flexibility index (Phi) is 7.53. The molecule has 3 aromatic rings. The minimum absolute atomic E-state index is 0.0512. The van der Waals surface area contributed by atoms with Crippen LogP contribution in [0, 0.1) is 5.92 Å². The smallest absolute Gasteiger partial charge is 0.417 e. The quantitative estimate of drug-likeness (QED) is 0.363. The lowest BCUT2D eigenvalue weighted by molar-refractivity contribution is -0.138. The topological polar surface area (TPSA) is 77.9 Å². The highest BCUT2D eigenvalue weighted by Gasteiger charge is 2.39. The van der Waals surface area contributed by atoms with Crippen LogP contribution < -0.4 is 4.90 Å². The molecule has 202 valence electrons. The van der Waals surface area contributed by atoms with Gasteiger partial charge in [-0.25, -0.2) is 13.2 Å². The minimum Gasteiger partial charge on any atom is -0.478 e. The largest absolute Gasteiger partial charge is 0.478 e. The van der Waals surface area contributed by atoms with E-state index in [0.717, 1.165) is 17.8 Å². The Morgan fingerprint density at radius 1 is 1.11 bits per heavy atom. The van der Waals surface area contributed by atoms with Crippen LogP contribution in [0.1, 0.15) is 36.2 Å². The molecule has 0 saturated carbocycles. The molecule has 0 fully saturated rings. The number of carboxylic acids is 1. The van der Waals surface area contributed by atoms with Crippen LogP contribution >= 0.6 is 11.6 Å². The first-order valence-corrected chi connectivity index (χ1v) is 13.6. The predicted molar refractivity (Wildman–Crippen MR) is 140 cm³/mol. The summed E-state index contributed by atoms with van der Waals surface area (Å²) in [6, 6.07) is 14.2. The maximum absolute atomic E-state index is 13.9. The molecule has 0 spiro atoms. The Morgan fingerprint density at radius 2 is 1.76 bits per heavy atom. The van der Waals surface area contributed by atoms with Crippen LogP contribution in [-0.4, -0.2) is 43.4 Å². The van der Waals surface area contributed by atoms with Gasteiger partial charge in [0.2, 0.25) is 10.0 Å². The zero-order chi connectivity index (χ0) is 28.0. The van der Waals surface area contributed by atoms with Crippen molar-refractivity contribution in [1.29, 1.82) is 0 Å². The SMILES string of the molecule is CC(C)C[C@@H]1CN(c2ccccc2)c2cc(Cl)c(-c3ccc(C(F)(F)F)c(C(=O)O)c3)cc2S(=O)(=O)N1C. The third-order valence-corrected chi connectivity index (χ3v) is 8.83. The van der Waals surface area contributed by atoms with Crippen LogP contribution in [0.2, 0.25) is 5.02 Å². The van der Waals surface area contributed by atoms with Gasteiger partial charge in [0.05, 0.1) is 21.8 Å². The van der Waals surface area contributed by atoms with E-state index in [1.165, 1.54) is 23.5 Å². The zero-order valence-electron chi connectivity index (χ0n) is 20.8. The second-order valence-corrected chi connectivity index (χ2v) is 12.0. The van der Waals surface area contributed by atoms with Crippen molar-refractivity contribution in [2.24, 2.45) is 5.92 Å². The fourth-order valence-electron chi connectivity index (χ4n) is 4.71. The molecule has 0 aliphatic carbocycles. The number of nitrogens with zero attached hydrogens (tertiary/aromatic N) is 2. The van der Waals surface area contributed by atoms with Gasteiger partial charge in [0.25, 0.3) is 0 Å². The van der Waals surface area contributed by atoms with Crippen molar-refractivity contribution in [1.82, 2.24) is 4.31 Å². The van der Waals surface area contributed by atoms with Gasteiger partial charge >= 0.3 is 12.1 Å². The average molecular weight is 567 g/mol. The summed E-state index contributed by atoms with van der Waals surface area (Å²) in [7, 11) is -2.55. The molecule has 1 aliphatic rings. The summed E-state index contributed by atoms with van der Waals surface area (Å²) in [6.07, 6.45) is -4.29. The number of para-hydroxylation sites is 1. The molecule has 0 saturated heterocycles. The monoisotopic (exact) mass is 566 g/mol. The van der Waals surface area contributed by atoms with Crippen molar-refractivity contribution in [3.05, 3.63) is 76.8 Å². The number of halogens is 4. The molecular formula is C27H26ClF3N2O4S. The molecule has 1 N–H and O–H groups in total. The molecule has 0 amide bonds. The second-order valence-electron chi connectivity index (χ2n) is 9.61. The van der Waals surface area contributed by atoms with Gasteiger partial charge in [-0.3, -0.25) is 0 Å². The summed E-state index contributed by atoms with van der Waals surface area (Å²) < 4.78 is 69.2. The molecular weight excluding hydrogens is 541 g/mol. The molecule has 1 aliphatic heterocycles. The van der Waals surface area contributed by atoms with Gasteiger partial charge in [-0.2, -0.15) is 17.5 Å². The van der Waals surface area contributed by atoms with Gasteiger partial charge in [-0.05, 0) is 54.3 Å². The standard InChI is InChI=1S/C27H26ClF3N2O4S/c1-16(2)11-19-15-33(18-7-5-4-6-8-18)24-14-23(28)20(13-25(24)38(36,37)32(19)3)17-9-10-22(27(29,30)31)21(12-17)26(34)35/h4-10,12-14,16,19H,11,15H2,1-3H3,(H,34,35)/t19-/m1/s1. The highest BCUT2D eigenvalue weighted by molar-refractivity contribution is 7.89. The number of alkyl halides is 3. The van der Waals surface area contributed by atoms with E-state index in [4.69, 9.17) is 11.6 Å². The van der Waals surface area contributed by atoms with Crippen molar-refractivity contribution in [2.45, 2.75) is 37.4 Å². The highest BCUT2D eigenvalue weighted by Crippen LogP contribution is 2.44. The van der Waals surface area contributed by atoms with Gasteiger partial charge in [0.15, 0.2) is 0 Å². The highest BCUT2D eigenvalue weighted by atomic mass is 35.5. The first-order chi connectivity index (χ1) is 17.7. The lowest BCUT2D eigenvalue weighted by atomic mass is 9.98. The Hall–Kier alpha value is -3.08. The van der Waals surface area contributed by atoms with Gasteiger partial charge in [-0.1, -0.05) is 49.7 Å². The van der Waals surface area contributed by atoms with Crippen molar-refractivity contribution in [2.75, 3.05) is 18.5 Å². The molecule has 1 atom stereocenters. The summed E-state index contributed by atoms with van der Waals surface area (Å²) in [5.74, 6) is -1.55. The fraction of sp³-hybridized carbons (Fsp3) is 0.296. The summed E-state index contributed by atoms with van der Waals surface area (Å²) >= 11 is 6.61. The number of anilines is 2. The third kappa shape index (κ3) is 5.25. The number of carboxylic acid groups (broad SMARTS) is 1. The molecule has 6 nitrogen and oxygen atoms in total. The van der Waals surface area contributed by atoms with E-state index < -0.39 is 33.3 Å². The van der Waals surface area contributed by atoms with Crippen molar-refractivity contribution in [3.63, 3.8) is 0 Å². The van der Waals surface area contributed by atoms with Crippen LogP contribution in [0.25, 0.3) is 11.1 Å². The van der Waals surface area contributed by atoms with Crippen LogP contribution in [0.3, 0.4) is 0 Å². The third-order valence-electron chi connectivity index (χ3n) is 6.58. The number of aromatic carboxylic acids is 1. The van der Waals surface area contributed by atoms with Crippen LogP contribution in [-0.2, 0) is 16.2 Å². The number of hydrogen-bond donors (Lipinski definition) is 1.